The lowest BCUT2D eigenvalue weighted by atomic mass is 10.1. The summed E-state index contributed by atoms with van der Waals surface area (Å²) in [5, 5.41) is 3.96. The molecule has 2 rings (SSSR count). The van der Waals surface area contributed by atoms with Gasteiger partial charge >= 0.3 is 6.61 Å². The first-order valence-corrected chi connectivity index (χ1v) is 9.47. The molecule has 0 bridgehead atoms. The van der Waals surface area contributed by atoms with Crippen LogP contribution in [0.4, 0.5) is 8.78 Å². The second-order valence-corrected chi connectivity index (χ2v) is 8.01. The van der Waals surface area contributed by atoms with Gasteiger partial charge in [-0.25, -0.2) is 18.1 Å². The van der Waals surface area contributed by atoms with E-state index in [9.17, 15) is 22.0 Å². The van der Waals surface area contributed by atoms with Crippen molar-refractivity contribution in [2.45, 2.75) is 18.4 Å². The number of amides is 1. The van der Waals surface area contributed by atoms with Crippen LogP contribution in [0.25, 0.3) is 0 Å². The molecule has 0 spiro atoms. The van der Waals surface area contributed by atoms with Crippen molar-refractivity contribution >= 4 is 21.6 Å². The lowest BCUT2D eigenvalue weighted by Gasteiger charge is -2.12. The van der Waals surface area contributed by atoms with E-state index in [2.05, 4.69) is 15.3 Å². The van der Waals surface area contributed by atoms with E-state index >= 15 is 0 Å². The SMILES string of the molecule is C/C(=N/NC(=O)c1cccc(S(=O)(=O)N(C)C)c1)c1ccc(OC(F)F)cc1. The molecule has 0 unspecified atom stereocenters. The average Bonchev–Trinajstić information content (AvgIpc) is 2.66. The molecule has 0 fully saturated rings. The van der Waals surface area contributed by atoms with Gasteiger partial charge in [0.05, 0.1) is 10.6 Å². The van der Waals surface area contributed by atoms with Gasteiger partial charge in [0.2, 0.25) is 10.0 Å². The summed E-state index contributed by atoms with van der Waals surface area (Å²) in [7, 11) is -0.875. The second-order valence-electron chi connectivity index (χ2n) is 5.86. The first-order chi connectivity index (χ1) is 13.1. The van der Waals surface area contributed by atoms with Crippen LogP contribution in [0.15, 0.2) is 58.5 Å². The Kier molecular flexibility index (Phi) is 6.81. The molecule has 0 aliphatic heterocycles. The number of rotatable bonds is 7. The van der Waals surface area contributed by atoms with Gasteiger partial charge in [-0.15, -0.1) is 0 Å². The Labute approximate surface area is 161 Å². The van der Waals surface area contributed by atoms with Gasteiger partial charge in [-0.2, -0.15) is 13.9 Å². The molecular weight excluding hydrogens is 392 g/mol. The molecule has 1 amide bonds. The van der Waals surface area contributed by atoms with Crippen LogP contribution in [0.5, 0.6) is 5.75 Å². The van der Waals surface area contributed by atoms with Gasteiger partial charge in [0.25, 0.3) is 5.91 Å². The zero-order valence-corrected chi connectivity index (χ0v) is 16.2. The Morgan fingerprint density at radius 1 is 1.11 bits per heavy atom. The number of halogens is 2. The summed E-state index contributed by atoms with van der Waals surface area (Å²) in [5.41, 5.74) is 3.48. The maximum Gasteiger partial charge on any atom is 0.387 e. The van der Waals surface area contributed by atoms with Gasteiger partial charge in [-0.1, -0.05) is 6.07 Å². The molecule has 1 N–H and O–H groups in total. The van der Waals surface area contributed by atoms with E-state index in [-0.39, 0.29) is 16.2 Å². The fourth-order valence-corrected chi connectivity index (χ4v) is 3.10. The minimum absolute atomic E-state index is 0.00880. The number of sulfonamides is 1. The molecule has 10 heteroatoms. The van der Waals surface area contributed by atoms with Gasteiger partial charge in [0.15, 0.2) is 0 Å². The highest BCUT2D eigenvalue weighted by atomic mass is 32.2. The molecule has 2 aromatic carbocycles. The van der Waals surface area contributed by atoms with Crippen molar-refractivity contribution < 1.29 is 26.7 Å². The normalized spacial score (nSPS) is 12.3. The first kappa shape index (κ1) is 21.5. The third-order valence-electron chi connectivity index (χ3n) is 3.70. The highest BCUT2D eigenvalue weighted by Gasteiger charge is 2.18. The Balaban J connectivity index is 2.12. The van der Waals surface area contributed by atoms with E-state index in [4.69, 9.17) is 0 Å². The number of hydrogen-bond donors (Lipinski definition) is 1. The third-order valence-corrected chi connectivity index (χ3v) is 5.51. The van der Waals surface area contributed by atoms with Crippen LogP contribution < -0.4 is 10.2 Å². The average molecular weight is 411 g/mol. The number of alkyl halides is 2. The molecule has 0 aliphatic carbocycles. The third kappa shape index (κ3) is 5.33. The number of ether oxygens (including phenoxy) is 1. The molecular formula is C18H19F2N3O4S. The Bertz CT molecular complexity index is 975. The van der Waals surface area contributed by atoms with E-state index in [0.717, 1.165) is 4.31 Å². The molecule has 28 heavy (non-hydrogen) atoms. The fraction of sp³-hybridized carbons (Fsp3) is 0.222. The summed E-state index contributed by atoms with van der Waals surface area (Å²) in [6.07, 6.45) is 0. The van der Waals surface area contributed by atoms with Crippen molar-refractivity contribution in [3.63, 3.8) is 0 Å². The van der Waals surface area contributed by atoms with E-state index in [1.165, 1.54) is 62.6 Å². The molecule has 0 saturated carbocycles. The summed E-state index contributed by atoms with van der Waals surface area (Å²) < 4.78 is 54.0. The zero-order chi connectivity index (χ0) is 20.9. The smallest absolute Gasteiger partial charge is 0.387 e. The molecule has 0 saturated heterocycles. The zero-order valence-electron chi connectivity index (χ0n) is 15.4. The summed E-state index contributed by atoms with van der Waals surface area (Å²) in [6.45, 7) is -1.29. The Hall–Kier alpha value is -2.85. The summed E-state index contributed by atoms with van der Waals surface area (Å²) in [6, 6.07) is 11.3. The van der Waals surface area contributed by atoms with Crippen molar-refractivity contribution in [2.24, 2.45) is 5.10 Å². The molecule has 2 aromatic rings. The predicted octanol–water partition coefficient (Wildman–Crippen LogP) is 2.69. The summed E-state index contributed by atoms with van der Waals surface area (Å²) in [5.74, 6) is -0.581. The fourth-order valence-electron chi connectivity index (χ4n) is 2.15. The minimum Gasteiger partial charge on any atom is -0.435 e. The van der Waals surface area contributed by atoms with E-state index in [1.54, 1.807) is 6.92 Å². The summed E-state index contributed by atoms with van der Waals surface area (Å²) >= 11 is 0. The standard InChI is InChI=1S/C18H19F2N3O4S/c1-12(13-7-9-15(10-8-13)27-18(19)20)21-22-17(24)14-5-4-6-16(11-14)28(25,26)23(2)3/h4-11,18H,1-3H3,(H,22,24)/b21-12-. The van der Waals surface area contributed by atoms with Gasteiger partial charge in [-0.3, -0.25) is 4.79 Å². The predicted molar refractivity (Wildman–Crippen MR) is 100 cm³/mol. The molecule has 0 atom stereocenters. The number of nitrogens with one attached hydrogen (secondary N) is 1. The van der Waals surface area contributed by atoms with Crippen LogP contribution in [0.1, 0.15) is 22.8 Å². The topological polar surface area (TPSA) is 88.1 Å². The van der Waals surface area contributed by atoms with Crippen LogP contribution in [-0.4, -0.2) is 45.0 Å². The largest absolute Gasteiger partial charge is 0.435 e. The number of carbonyl (C=O) groups excluding carboxylic acids is 1. The number of hydrazone groups is 1. The monoisotopic (exact) mass is 411 g/mol. The Morgan fingerprint density at radius 3 is 2.32 bits per heavy atom. The lowest BCUT2D eigenvalue weighted by Crippen LogP contribution is -2.23. The van der Waals surface area contributed by atoms with Crippen LogP contribution in [0.2, 0.25) is 0 Å². The minimum atomic E-state index is -3.67. The molecule has 150 valence electrons. The number of hydrogen-bond acceptors (Lipinski definition) is 5. The first-order valence-electron chi connectivity index (χ1n) is 8.03. The highest BCUT2D eigenvalue weighted by Crippen LogP contribution is 2.16. The Morgan fingerprint density at radius 2 is 1.75 bits per heavy atom. The molecule has 0 aliphatic rings. The maximum atomic E-state index is 12.3. The van der Waals surface area contributed by atoms with E-state index in [0.29, 0.717) is 11.3 Å². The van der Waals surface area contributed by atoms with Crippen LogP contribution in [-0.2, 0) is 10.0 Å². The van der Waals surface area contributed by atoms with Gasteiger partial charge in [-0.05, 0) is 55.0 Å². The molecule has 7 nitrogen and oxygen atoms in total. The summed E-state index contributed by atoms with van der Waals surface area (Å²) in [4.78, 5) is 12.3. The van der Waals surface area contributed by atoms with Crippen molar-refractivity contribution in [1.82, 2.24) is 9.73 Å². The van der Waals surface area contributed by atoms with Crippen LogP contribution >= 0.6 is 0 Å². The number of carbonyl (C=O) groups is 1. The van der Waals surface area contributed by atoms with Crippen molar-refractivity contribution in [1.29, 1.82) is 0 Å². The van der Waals surface area contributed by atoms with Gasteiger partial charge in [0.1, 0.15) is 5.75 Å². The maximum absolute atomic E-state index is 12.3. The van der Waals surface area contributed by atoms with Crippen molar-refractivity contribution in [3.8, 4) is 5.75 Å². The van der Waals surface area contributed by atoms with Gasteiger partial charge < -0.3 is 4.74 Å². The van der Waals surface area contributed by atoms with Crippen LogP contribution in [0, 0.1) is 0 Å². The number of nitrogens with zero attached hydrogens (tertiary/aromatic N) is 2. The van der Waals surface area contributed by atoms with Crippen molar-refractivity contribution in [3.05, 3.63) is 59.7 Å². The van der Waals surface area contributed by atoms with Crippen LogP contribution in [0.3, 0.4) is 0 Å². The molecule has 0 radical (unpaired) electrons. The van der Waals surface area contributed by atoms with E-state index < -0.39 is 22.5 Å². The second kappa shape index (κ2) is 8.89. The van der Waals surface area contributed by atoms with E-state index in [1.807, 2.05) is 0 Å². The number of benzene rings is 2. The lowest BCUT2D eigenvalue weighted by molar-refractivity contribution is -0.0498. The highest BCUT2D eigenvalue weighted by molar-refractivity contribution is 7.89. The van der Waals surface area contributed by atoms with Crippen molar-refractivity contribution in [2.75, 3.05) is 14.1 Å². The van der Waals surface area contributed by atoms with Gasteiger partial charge in [0, 0.05) is 19.7 Å². The molecule has 0 heterocycles. The molecule has 0 aromatic heterocycles. The quantitative estimate of drug-likeness (QED) is 0.561.